The number of benzene rings is 1. The van der Waals surface area contributed by atoms with E-state index < -0.39 is 0 Å². The highest BCUT2D eigenvalue weighted by molar-refractivity contribution is 5.56. The zero-order valence-electron chi connectivity index (χ0n) is 11.3. The summed E-state index contributed by atoms with van der Waals surface area (Å²) in [6.07, 6.45) is 3.98. The normalized spacial score (nSPS) is 15.0. The highest BCUT2D eigenvalue weighted by Crippen LogP contribution is 2.33. The standard InChI is InChI=1S/C15H24N2/c1-4-9-17(14-6-7-14)15-8-5-13(11-16-3)10-12(15)2/h5,8,10,14,16H,4,6-7,9,11H2,1-3H3. The minimum atomic E-state index is 0.809. The minimum Gasteiger partial charge on any atom is -0.368 e. The number of aryl methyl sites for hydroxylation is 1. The molecule has 2 rings (SSSR count). The van der Waals surface area contributed by atoms with Crippen LogP contribution in [-0.4, -0.2) is 19.6 Å². The molecule has 0 heterocycles. The molecule has 2 nitrogen and oxygen atoms in total. The number of hydrogen-bond acceptors (Lipinski definition) is 2. The third kappa shape index (κ3) is 3.01. The van der Waals surface area contributed by atoms with Crippen LogP contribution < -0.4 is 10.2 Å². The van der Waals surface area contributed by atoms with Crippen molar-refractivity contribution in [2.75, 3.05) is 18.5 Å². The molecule has 1 aliphatic rings. The molecule has 1 saturated carbocycles. The molecule has 94 valence electrons. The number of rotatable bonds is 6. The van der Waals surface area contributed by atoms with Crippen LogP contribution in [0, 0.1) is 6.92 Å². The van der Waals surface area contributed by atoms with Crippen molar-refractivity contribution in [2.45, 2.75) is 45.7 Å². The number of hydrogen-bond donors (Lipinski definition) is 1. The second-order valence-electron chi connectivity index (χ2n) is 5.08. The lowest BCUT2D eigenvalue weighted by molar-refractivity contribution is 0.758. The Kier molecular flexibility index (Phi) is 4.06. The van der Waals surface area contributed by atoms with E-state index in [4.69, 9.17) is 0 Å². The summed E-state index contributed by atoms with van der Waals surface area (Å²) in [5, 5.41) is 3.21. The smallest absolute Gasteiger partial charge is 0.0398 e. The van der Waals surface area contributed by atoms with Gasteiger partial charge in [0.15, 0.2) is 0 Å². The molecule has 0 unspecified atom stereocenters. The molecule has 0 atom stereocenters. The fourth-order valence-electron chi connectivity index (χ4n) is 2.48. The van der Waals surface area contributed by atoms with Crippen molar-refractivity contribution in [3.05, 3.63) is 29.3 Å². The summed E-state index contributed by atoms with van der Waals surface area (Å²) in [7, 11) is 2.00. The van der Waals surface area contributed by atoms with E-state index in [2.05, 4.69) is 42.3 Å². The molecular formula is C15H24N2. The number of anilines is 1. The van der Waals surface area contributed by atoms with Crippen molar-refractivity contribution >= 4 is 5.69 Å². The molecular weight excluding hydrogens is 208 g/mol. The Morgan fingerprint density at radius 1 is 1.35 bits per heavy atom. The van der Waals surface area contributed by atoms with Gasteiger partial charge in [-0.2, -0.15) is 0 Å². The Labute approximate surface area is 105 Å². The van der Waals surface area contributed by atoms with Crippen molar-refractivity contribution in [3.63, 3.8) is 0 Å². The zero-order chi connectivity index (χ0) is 12.3. The average molecular weight is 232 g/mol. The molecule has 2 heteroatoms. The van der Waals surface area contributed by atoms with Gasteiger partial charge in [-0.1, -0.05) is 19.1 Å². The monoisotopic (exact) mass is 232 g/mol. The maximum Gasteiger partial charge on any atom is 0.0398 e. The van der Waals surface area contributed by atoms with Gasteiger partial charge in [-0.25, -0.2) is 0 Å². The Balaban J connectivity index is 2.18. The van der Waals surface area contributed by atoms with Gasteiger partial charge in [0.05, 0.1) is 0 Å². The van der Waals surface area contributed by atoms with E-state index in [1.165, 1.54) is 42.6 Å². The Morgan fingerprint density at radius 2 is 2.12 bits per heavy atom. The Morgan fingerprint density at radius 3 is 2.65 bits per heavy atom. The highest BCUT2D eigenvalue weighted by atomic mass is 15.2. The fraction of sp³-hybridized carbons (Fsp3) is 0.600. The molecule has 1 aromatic rings. The summed E-state index contributed by atoms with van der Waals surface area (Å²) in [6.45, 7) is 6.65. The van der Waals surface area contributed by atoms with Crippen LogP contribution in [0.2, 0.25) is 0 Å². The number of nitrogens with one attached hydrogen (secondary N) is 1. The van der Waals surface area contributed by atoms with Crippen LogP contribution in [0.5, 0.6) is 0 Å². The van der Waals surface area contributed by atoms with Crippen molar-refractivity contribution in [3.8, 4) is 0 Å². The molecule has 1 fully saturated rings. The van der Waals surface area contributed by atoms with Gasteiger partial charge in [0.2, 0.25) is 0 Å². The van der Waals surface area contributed by atoms with Gasteiger partial charge in [0.1, 0.15) is 0 Å². The van der Waals surface area contributed by atoms with Gasteiger partial charge in [-0.05, 0) is 50.4 Å². The third-order valence-electron chi connectivity index (χ3n) is 3.40. The zero-order valence-corrected chi connectivity index (χ0v) is 11.3. The maximum absolute atomic E-state index is 3.21. The van der Waals surface area contributed by atoms with E-state index >= 15 is 0 Å². The summed E-state index contributed by atoms with van der Waals surface area (Å²) in [5.74, 6) is 0. The quantitative estimate of drug-likeness (QED) is 0.811. The molecule has 0 radical (unpaired) electrons. The fourth-order valence-corrected chi connectivity index (χ4v) is 2.48. The lowest BCUT2D eigenvalue weighted by atomic mass is 10.1. The molecule has 0 amide bonds. The third-order valence-corrected chi connectivity index (χ3v) is 3.40. The molecule has 0 bridgehead atoms. The van der Waals surface area contributed by atoms with E-state index in [9.17, 15) is 0 Å². The second kappa shape index (κ2) is 5.54. The molecule has 0 aromatic heterocycles. The van der Waals surface area contributed by atoms with Crippen LogP contribution in [0.3, 0.4) is 0 Å². The molecule has 1 aliphatic carbocycles. The highest BCUT2D eigenvalue weighted by Gasteiger charge is 2.29. The van der Waals surface area contributed by atoms with Crippen LogP contribution in [0.1, 0.15) is 37.3 Å². The first-order valence-electron chi connectivity index (χ1n) is 6.77. The van der Waals surface area contributed by atoms with Gasteiger partial charge < -0.3 is 10.2 Å². The predicted octanol–water partition coefficient (Wildman–Crippen LogP) is 3.09. The van der Waals surface area contributed by atoms with Crippen LogP contribution in [0.25, 0.3) is 0 Å². The summed E-state index contributed by atoms with van der Waals surface area (Å²) < 4.78 is 0. The lowest BCUT2D eigenvalue weighted by Gasteiger charge is -2.26. The maximum atomic E-state index is 3.21. The Bertz CT molecular complexity index is 369. The lowest BCUT2D eigenvalue weighted by Crippen LogP contribution is -2.27. The van der Waals surface area contributed by atoms with Gasteiger partial charge in [-0.15, -0.1) is 0 Å². The molecule has 0 saturated heterocycles. The summed E-state index contributed by atoms with van der Waals surface area (Å²) >= 11 is 0. The molecule has 1 N–H and O–H groups in total. The van der Waals surface area contributed by atoms with E-state index in [1.54, 1.807) is 0 Å². The summed E-state index contributed by atoms with van der Waals surface area (Å²) in [4.78, 5) is 2.60. The van der Waals surface area contributed by atoms with Crippen LogP contribution in [0.4, 0.5) is 5.69 Å². The van der Waals surface area contributed by atoms with Crippen molar-refractivity contribution in [1.82, 2.24) is 5.32 Å². The van der Waals surface area contributed by atoms with Gasteiger partial charge in [0, 0.05) is 24.8 Å². The topological polar surface area (TPSA) is 15.3 Å². The first-order valence-corrected chi connectivity index (χ1v) is 6.77. The predicted molar refractivity (Wildman–Crippen MR) is 74.6 cm³/mol. The summed E-state index contributed by atoms with van der Waals surface area (Å²) in [6, 6.07) is 7.68. The molecule has 17 heavy (non-hydrogen) atoms. The molecule has 0 spiro atoms. The van der Waals surface area contributed by atoms with E-state index in [0.29, 0.717) is 0 Å². The van der Waals surface area contributed by atoms with Gasteiger partial charge >= 0.3 is 0 Å². The largest absolute Gasteiger partial charge is 0.368 e. The van der Waals surface area contributed by atoms with Crippen molar-refractivity contribution in [1.29, 1.82) is 0 Å². The van der Waals surface area contributed by atoms with E-state index in [1.807, 2.05) is 7.05 Å². The first kappa shape index (κ1) is 12.4. The number of nitrogens with zero attached hydrogens (tertiary/aromatic N) is 1. The average Bonchev–Trinajstić information content (AvgIpc) is 3.11. The molecule has 1 aromatic carbocycles. The first-order chi connectivity index (χ1) is 8.26. The Hall–Kier alpha value is -1.02. The van der Waals surface area contributed by atoms with Crippen LogP contribution in [0.15, 0.2) is 18.2 Å². The van der Waals surface area contributed by atoms with Gasteiger partial charge in [-0.3, -0.25) is 0 Å². The van der Waals surface area contributed by atoms with Gasteiger partial charge in [0.25, 0.3) is 0 Å². The minimum absolute atomic E-state index is 0.809. The van der Waals surface area contributed by atoms with Crippen molar-refractivity contribution in [2.24, 2.45) is 0 Å². The second-order valence-corrected chi connectivity index (χ2v) is 5.08. The van der Waals surface area contributed by atoms with Crippen LogP contribution in [-0.2, 0) is 6.54 Å². The van der Waals surface area contributed by atoms with Crippen molar-refractivity contribution < 1.29 is 0 Å². The SMILES string of the molecule is CCCN(c1ccc(CNC)cc1C)C1CC1. The molecule has 0 aliphatic heterocycles. The summed E-state index contributed by atoms with van der Waals surface area (Å²) in [5.41, 5.74) is 4.23. The van der Waals surface area contributed by atoms with Crippen LogP contribution >= 0.6 is 0 Å². The van der Waals surface area contributed by atoms with E-state index in [-0.39, 0.29) is 0 Å². The van der Waals surface area contributed by atoms with E-state index in [0.717, 1.165) is 12.6 Å².